The van der Waals surface area contributed by atoms with Crippen LogP contribution in [0.4, 0.5) is 0 Å². The van der Waals surface area contributed by atoms with Crippen LogP contribution >= 0.6 is 0 Å². The Hall–Kier alpha value is -0.590. The average molecular weight is 209 g/mol. The van der Waals surface area contributed by atoms with Gasteiger partial charge in [-0.3, -0.25) is 4.90 Å². The van der Waals surface area contributed by atoms with Gasteiger partial charge in [0.2, 0.25) is 0 Å². The van der Waals surface area contributed by atoms with E-state index in [0.29, 0.717) is 0 Å². The van der Waals surface area contributed by atoms with Gasteiger partial charge >= 0.3 is 0 Å². The largest absolute Gasteiger partial charge is 0.314 e. The van der Waals surface area contributed by atoms with Gasteiger partial charge in [0.25, 0.3) is 0 Å². The van der Waals surface area contributed by atoms with Crippen LogP contribution in [0.3, 0.4) is 0 Å². The highest BCUT2D eigenvalue weighted by Gasteiger charge is 2.31. The summed E-state index contributed by atoms with van der Waals surface area (Å²) in [6, 6.07) is 2.51. The van der Waals surface area contributed by atoms with Gasteiger partial charge in [-0.1, -0.05) is 26.2 Å². The zero-order chi connectivity index (χ0) is 11.1. The SMILES string of the molecule is CCCCCC(C)(C#N)N1CCNCC1. The summed E-state index contributed by atoms with van der Waals surface area (Å²) in [5.41, 5.74) is -0.239. The van der Waals surface area contributed by atoms with Crippen LogP contribution in [0.25, 0.3) is 0 Å². The topological polar surface area (TPSA) is 39.1 Å². The maximum atomic E-state index is 9.32. The fraction of sp³-hybridized carbons (Fsp3) is 0.917. The molecule has 1 saturated heterocycles. The normalized spacial score (nSPS) is 21.9. The summed E-state index contributed by atoms with van der Waals surface area (Å²) < 4.78 is 0. The highest BCUT2D eigenvalue weighted by Crippen LogP contribution is 2.22. The maximum Gasteiger partial charge on any atom is 0.106 e. The maximum absolute atomic E-state index is 9.32. The van der Waals surface area contributed by atoms with Gasteiger partial charge in [-0.2, -0.15) is 5.26 Å². The van der Waals surface area contributed by atoms with Crippen LogP contribution < -0.4 is 5.32 Å². The fourth-order valence-corrected chi connectivity index (χ4v) is 2.16. The first-order valence-electron chi connectivity index (χ1n) is 6.10. The van der Waals surface area contributed by atoms with Crippen LogP contribution in [0, 0.1) is 11.3 Å². The van der Waals surface area contributed by atoms with Crippen molar-refractivity contribution in [3.05, 3.63) is 0 Å². The Labute approximate surface area is 93.5 Å². The predicted octanol–water partition coefficient (Wildman–Crippen LogP) is 1.75. The summed E-state index contributed by atoms with van der Waals surface area (Å²) >= 11 is 0. The van der Waals surface area contributed by atoms with Crippen molar-refractivity contribution in [3.8, 4) is 6.07 Å². The lowest BCUT2D eigenvalue weighted by Gasteiger charge is -2.38. The van der Waals surface area contributed by atoms with Crippen molar-refractivity contribution in [2.24, 2.45) is 0 Å². The molecule has 0 radical (unpaired) electrons. The van der Waals surface area contributed by atoms with Crippen LogP contribution in [-0.4, -0.2) is 36.6 Å². The number of hydrogen-bond donors (Lipinski definition) is 1. The summed E-state index contributed by atoms with van der Waals surface area (Å²) in [5, 5.41) is 12.7. The molecule has 1 unspecified atom stereocenters. The summed E-state index contributed by atoms with van der Waals surface area (Å²) in [6.45, 7) is 8.35. The van der Waals surface area contributed by atoms with E-state index in [0.717, 1.165) is 32.6 Å². The monoisotopic (exact) mass is 209 g/mol. The molecule has 1 aliphatic heterocycles. The fourth-order valence-electron chi connectivity index (χ4n) is 2.16. The van der Waals surface area contributed by atoms with Gasteiger partial charge in [0.1, 0.15) is 5.54 Å². The van der Waals surface area contributed by atoms with Crippen LogP contribution in [-0.2, 0) is 0 Å². The van der Waals surface area contributed by atoms with Crippen molar-refractivity contribution < 1.29 is 0 Å². The minimum Gasteiger partial charge on any atom is -0.314 e. The van der Waals surface area contributed by atoms with Crippen molar-refractivity contribution in [3.63, 3.8) is 0 Å². The van der Waals surface area contributed by atoms with Crippen molar-refractivity contribution in [2.75, 3.05) is 26.2 Å². The second-order valence-corrected chi connectivity index (χ2v) is 4.58. The van der Waals surface area contributed by atoms with E-state index in [1.807, 2.05) is 0 Å². The Morgan fingerprint density at radius 1 is 1.33 bits per heavy atom. The molecule has 1 aliphatic rings. The molecule has 0 aromatic rings. The molecular weight excluding hydrogens is 186 g/mol. The molecule has 0 spiro atoms. The van der Waals surface area contributed by atoms with E-state index in [4.69, 9.17) is 0 Å². The van der Waals surface area contributed by atoms with E-state index in [2.05, 4.69) is 30.1 Å². The average Bonchev–Trinajstić information content (AvgIpc) is 2.30. The molecule has 1 rings (SSSR count). The predicted molar refractivity (Wildman–Crippen MR) is 62.6 cm³/mol. The van der Waals surface area contributed by atoms with Crippen molar-refractivity contribution >= 4 is 0 Å². The smallest absolute Gasteiger partial charge is 0.106 e. The molecule has 3 nitrogen and oxygen atoms in total. The van der Waals surface area contributed by atoms with Gasteiger partial charge in [0.15, 0.2) is 0 Å². The van der Waals surface area contributed by atoms with Crippen LogP contribution in [0.5, 0.6) is 0 Å². The molecule has 0 aromatic carbocycles. The first-order chi connectivity index (χ1) is 7.23. The number of nitriles is 1. The van der Waals surface area contributed by atoms with Gasteiger partial charge in [0, 0.05) is 26.2 Å². The molecule has 0 amide bonds. The standard InChI is InChI=1S/C12H23N3/c1-3-4-5-6-12(2,11-13)15-9-7-14-8-10-15/h14H,3-10H2,1-2H3. The summed E-state index contributed by atoms with van der Waals surface area (Å²) in [7, 11) is 0. The molecular formula is C12H23N3. The van der Waals surface area contributed by atoms with E-state index in [1.165, 1.54) is 19.3 Å². The molecule has 15 heavy (non-hydrogen) atoms. The van der Waals surface area contributed by atoms with Crippen molar-refractivity contribution in [2.45, 2.75) is 45.1 Å². The van der Waals surface area contributed by atoms with Crippen LogP contribution in [0.15, 0.2) is 0 Å². The van der Waals surface area contributed by atoms with Crippen molar-refractivity contribution in [1.29, 1.82) is 5.26 Å². The molecule has 3 heteroatoms. The minimum atomic E-state index is -0.239. The van der Waals surface area contributed by atoms with E-state index >= 15 is 0 Å². The lowest BCUT2D eigenvalue weighted by Crippen LogP contribution is -2.54. The van der Waals surface area contributed by atoms with E-state index < -0.39 is 0 Å². The molecule has 1 N–H and O–H groups in total. The van der Waals surface area contributed by atoms with Crippen LogP contribution in [0.2, 0.25) is 0 Å². The second kappa shape index (κ2) is 6.09. The lowest BCUT2D eigenvalue weighted by atomic mass is 9.93. The Morgan fingerprint density at radius 3 is 2.53 bits per heavy atom. The number of hydrogen-bond acceptors (Lipinski definition) is 3. The molecule has 1 fully saturated rings. The second-order valence-electron chi connectivity index (χ2n) is 4.58. The third-order valence-electron chi connectivity index (χ3n) is 3.32. The van der Waals surface area contributed by atoms with E-state index in [9.17, 15) is 5.26 Å². The van der Waals surface area contributed by atoms with Gasteiger partial charge in [0.05, 0.1) is 6.07 Å². The summed E-state index contributed by atoms with van der Waals surface area (Å²) in [6.07, 6.45) is 4.65. The summed E-state index contributed by atoms with van der Waals surface area (Å²) in [5.74, 6) is 0. The van der Waals surface area contributed by atoms with Crippen molar-refractivity contribution in [1.82, 2.24) is 10.2 Å². The molecule has 0 bridgehead atoms. The molecule has 0 saturated carbocycles. The molecule has 1 atom stereocenters. The zero-order valence-electron chi connectivity index (χ0n) is 10.1. The lowest BCUT2D eigenvalue weighted by molar-refractivity contribution is 0.122. The van der Waals surface area contributed by atoms with Crippen LogP contribution in [0.1, 0.15) is 39.5 Å². The number of piperazine rings is 1. The number of unbranched alkanes of at least 4 members (excludes halogenated alkanes) is 2. The zero-order valence-corrected chi connectivity index (χ0v) is 10.1. The molecule has 0 aliphatic carbocycles. The quantitative estimate of drug-likeness (QED) is 0.701. The number of nitrogens with one attached hydrogen (secondary N) is 1. The Morgan fingerprint density at radius 2 is 2.00 bits per heavy atom. The molecule has 1 heterocycles. The third kappa shape index (κ3) is 3.48. The minimum absolute atomic E-state index is 0.239. The van der Waals surface area contributed by atoms with Gasteiger partial charge in [-0.05, 0) is 13.3 Å². The Balaban J connectivity index is 2.46. The third-order valence-corrected chi connectivity index (χ3v) is 3.32. The summed E-state index contributed by atoms with van der Waals surface area (Å²) in [4.78, 5) is 2.33. The molecule has 0 aromatic heterocycles. The Bertz CT molecular complexity index is 215. The van der Waals surface area contributed by atoms with Gasteiger partial charge < -0.3 is 5.32 Å². The van der Waals surface area contributed by atoms with Gasteiger partial charge in [-0.25, -0.2) is 0 Å². The highest BCUT2D eigenvalue weighted by molar-refractivity contribution is 5.05. The van der Waals surface area contributed by atoms with E-state index in [1.54, 1.807) is 0 Å². The first-order valence-corrected chi connectivity index (χ1v) is 6.10. The first kappa shape index (κ1) is 12.5. The van der Waals surface area contributed by atoms with Gasteiger partial charge in [-0.15, -0.1) is 0 Å². The Kier molecular flexibility index (Phi) is 5.07. The van der Waals surface area contributed by atoms with E-state index in [-0.39, 0.29) is 5.54 Å². The highest BCUT2D eigenvalue weighted by atomic mass is 15.2. The molecule has 86 valence electrons. The number of nitrogens with zero attached hydrogens (tertiary/aromatic N) is 2. The number of rotatable bonds is 5.